The number of methoxy groups -OCH3 is 1. The van der Waals surface area contributed by atoms with Crippen molar-refractivity contribution in [3.8, 4) is 5.75 Å². The van der Waals surface area contributed by atoms with E-state index in [0.29, 0.717) is 19.6 Å². The molecule has 1 aliphatic heterocycles. The fourth-order valence-electron chi connectivity index (χ4n) is 2.95. The van der Waals surface area contributed by atoms with Gasteiger partial charge in [0, 0.05) is 30.7 Å². The molecule has 1 amide bonds. The van der Waals surface area contributed by atoms with Crippen LogP contribution in [-0.4, -0.2) is 50.9 Å². The van der Waals surface area contributed by atoms with Crippen LogP contribution in [0.1, 0.15) is 49.9 Å². The quantitative estimate of drug-likeness (QED) is 0.712. The highest BCUT2D eigenvalue weighted by Crippen LogP contribution is 2.29. The summed E-state index contributed by atoms with van der Waals surface area (Å²) in [6, 6.07) is 4.47. The molecule has 26 heavy (non-hydrogen) atoms. The van der Waals surface area contributed by atoms with Crippen LogP contribution in [-0.2, 0) is 10.0 Å². The second kappa shape index (κ2) is 8.37. The number of nitrogens with one attached hydrogen (secondary N) is 1. The van der Waals surface area contributed by atoms with E-state index in [1.807, 2.05) is 13.8 Å². The van der Waals surface area contributed by atoms with Crippen molar-refractivity contribution < 1.29 is 17.9 Å². The molecule has 0 bridgehead atoms. The second-order valence-electron chi connectivity index (χ2n) is 6.73. The van der Waals surface area contributed by atoms with Crippen LogP contribution in [0.5, 0.6) is 5.75 Å². The number of hydrogen-bond donors (Lipinski definition) is 2. The van der Waals surface area contributed by atoms with Gasteiger partial charge >= 0.3 is 0 Å². The third kappa shape index (κ3) is 4.36. The lowest BCUT2D eigenvalue weighted by molar-refractivity contribution is 0.0942. The van der Waals surface area contributed by atoms with Gasteiger partial charge in [-0.05, 0) is 43.9 Å². The second-order valence-corrected chi connectivity index (χ2v) is 8.64. The fourth-order valence-corrected chi connectivity index (χ4v) is 4.64. The van der Waals surface area contributed by atoms with Gasteiger partial charge in [-0.2, -0.15) is 4.31 Å². The van der Waals surface area contributed by atoms with E-state index in [2.05, 4.69) is 5.32 Å². The van der Waals surface area contributed by atoms with Crippen molar-refractivity contribution in [2.24, 2.45) is 5.73 Å². The molecule has 3 N–H and O–H groups in total. The summed E-state index contributed by atoms with van der Waals surface area (Å²) in [4.78, 5) is 12.5. The summed E-state index contributed by atoms with van der Waals surface area (Å²) in [7, 11) is -2.27. The minimum absolute atomic E-state index is 0.0274. The Morgan fingerprint density at radius 3 is 2.42 bits per heavy atom. The Balaban J connectivity index is 2.27. The van der Waals surface area contributed by atoms with E-state index in [0.717, 1.165) is 25.7 Å². The van der Waals surface area contributed by atoms with Crippen LogP contribution >= 0.6 is 0 Å². The van der Waals surface area contributed by atoms with E-state index in [1.54, 1.807) is 6.07 Å². The minimum atomic E-state index is -3.69. The van der Waals surface area contributed by atoms with Crippen LogP contribution < -0.4 is 15.8 Å². The third-order valence-electron chi connectivity index (χ3n) is 5.12. The number of carbonyl (C=O) groups excluding carboxylic acids is 1. The number of benzene rings is 1. The van der Waals surface area contributed by atoms with Crippen molar-refractivity contribution in [2.45, 2.75) is 50.0 Å². The van der Waals surface area contributed by atoms with Crippen molar-refractivity contribution >= 4 is 15.9 Å². The molecule has 146 valence electrons. The average Bonchev–Trinajstić information content (AvgIpc) is 3.21. The summed E-state index contributed by atoms with van der Waals surface area (Å²) in [5.41, 5.74) is 6.02. The summed E-state index contributed by atoms with van der Waals surface area (Å²) in [5, 5.41) is 2.81. The van der Waals surface area contributed by atoms with Crippen molar-refractivity contribution in [3.05, 3.63) is 23.8 Å². The van der Waals surface area contributed by atoms with Gasteiger partial charge < -0.3 is 15.8 Å². The van der Waals surface area contributed by atoms with Crippen LogP contribution in [0.4, 0.5) is 0 Å². The topological polar surface area (TPSA) is 102 Å². The molecule has 1 aliphatic rings. The number of nitrogens with two attached hydrogens (primary N) is 1. The molecular weight excluding hydrogens is 354 g/mol. The van der Waals surface area contributed by atoms with Crippen LogP contribution in [0, 0.1) is 0 Å². The standard InChI is InChI=1S/C18H29N3O4S/c1-4-18(19,5-2)13-20-17(22)14-8-9-15(25-3)16(12-14)26(23,24)21-10-6-7-11-21/h8-9,12H,4-7,10-11,13,19H2,1-3H3,(H,20,22). The Bertz CT molecular complexity index is 739. The van der Waals surface area contributed by atoms with Gasteiger partial charge in [0.15, 0.2) is 0 Å². The summed E-state index contributed by atoms with van der Waals surface area (Å²) in [6.07, 6.45) is 3.16. The molecule has 0 aliphatic carbocycles. The molecule has 1 saturated heterocycles. The van der Waals surface area contributed by atoms with E-state index in [4.69, 9.17) is 10.5 Å². The van der Waals surface area contributed by atoms with E-state index >= 15 is 0 Å². The highest BCUT2D eigenvalue weighted by molar-refractivity contribution is 7.89. The maximum absolute atomic E-state index is 12.9. The molecule has 0 radical (unpaired) electrons. The smallest absolute Gasteiger partial charge is 0.251 e. The number of carbonyl (C=O) groups is 1. The van der Waals surface area contributed by atoms with Gasteiger partial charge in [-0.3, -0.25) is 4.79 Å². The first-order valence-electron chi connectivity index (χ1n) is 9.02. The number of ether oxygens (including phenoxy) is 1. The lowest BCUT2D eigenvalue weighted by atomic mass is 9.94. The minimum Gasteiger partial charge on any atom is -0.495 e. The highest BCUT2D eigenvalue weighted by atomic mass is 32.2. The van der Waals surface area contributed by atoms with E-state index in [1.165, 1.54) is 23.5 Å². The molecule has 1 fully saturated rings. The van der Waals surface area contributed by atoms with Crippen LogP contribution in [0.25, 0.3) is 0 Å². The summed E-state index contributed by atoms with van der Waals surface area (Å²) < 4.78 is 32.4. The Kier molecular flexibility index (Phi) is 6.65. The van der Waals surface area contributed by atoms with Crippen LogP contribution in [0.2, 0.25) is 0 Å². The molecule has 1 aromatic carbocycles. The monoisotopic (exact) mass is 383 g/mol. The van der Waals surface area contributed by atoms with E-state index in [-0.39, 0.29) is 22.1 Å². The summed E-state index contributed by atoms with van der Waals surface area (Å²) in [6.45, 7) is 5.27. The molecule has 0 spiro atoms. The largest absolute Gasteiger partial charge is 0.495 e. The molecule has 0 unspecified atom stereocenters. The van der Waals surface area contributed by atoms with Gasteiger partial charge in [0.2, 0.25) is 10.0 Å². The molecule has 1 heterocycles. The lowest BCUT2D eigenvalue weighted by Gasteiger charge is -2.26. The number of hydrogen-bond acceptors (Lipinski definition) is 5. The van der Waals surface area contributed by atoms with Crippen molar-refractivity contribution in [2.75, 3.05) is 26.7 Å². The highest BCUT2D eigenvalue weighted by Gasteiger charge is 2.31. The predicted octanol–water partition coefficient (Wildman–Crippen LogP) is 1.73. The van der Waals surface area contributed by atoms with Gasteiger partial charge in [0.05, 0.1) is 7.11 Å². The number of nitrogens with zero attached hydrogens (tertiary/aromatic N) is 1. The van der Waals surface area contributed by atoms with Gasteiger partial charge in [-0.15, -0.1) is 0 Å². The normalized spacial score (nSPS) is 15.8. The van der Waals surface area contributed by atoms with Crippen molar-refractivity contribution in [3.63, 3.8) is 0 Å². The van der Waals surface area contributed by atoms with E-state index < -0.39 is 15.6 Å². The fraction of sp³-hybridized carbons (Fsp3) is 0.611. The van der Waals surface area contributed by atoms with E-state index in [9.17, 15) is 13.2 Å². The van der Waals surface area contributed by atoms with Gasteiger partial charge in [-0.1, -0.05) is 13.8 Å². The molecule has 7 nitrogen and oxygen atoms in total. The maximum Gasteiger partial charge on any atom is 0.251 e. The molecule has 8 heteroatoms. The average molecular weight is 384 g/mol. The molecule has 0 atom stereocenters. The molecule has 2 rings (SSSR count). The predicted molar refractivity (Wildman–Crippen MR) is 101 cm³/mol. The Labute approximate surface area is 155 Å². The summed E-state index contributed by atoms with van der Waals surface area (Å²) in [5.74, 6) is -0.106. The Morgan fingerprint density at radius 1 is 1.27 bits per heavy atom. The zero-order valence-corrected chi connectivity index (χ0v) is 16.6. The molecular formula is C18H29N3O4S. The first-order chi connectivity index (χ1) is 12.3. The molecule has 1 aromatic rings. The van der Waals surface area contributed by atoms with Crippen LogP contribution in [0.15, 0.2) is 23.1 Å². The maximum atomic E-state index is 12.9. The lowest BCUT2D eigenvalue weighted by Crippen LogP contribution is -2.49. The van der Waals surface area contributed by atoms with Crippen molar-refractivity contribution in [1.29, 1.82) is 0 Å². The first-order valence-corrected chi connectivity index (χ1v) is 10.5. The summed E-state index contributed by atoms with van der Waals surface area (Å²) >= 11 is 0. The zero-order chi connectivity index (χ0) is 19.4. The number of sulfonamides is 1. The zero-order valence-electron chi connectivity index (χ0n) is 15.7. The molecule has 0 saturated carbocycles. The Hall–Kier alpha value is -1.64. The Morgan fingerprint density at radius 2 is 1.88 bits per heavy atom. The van der Waals surface area contributed by atoms with Crippen molar-refractivity contribution in [1.82, 2.24) is 9.62 Å². The van der Waals surface area contributed by atoms with Gasteiger partial charge in [0.25, 0.3) is 5.91 Å². The van der Waals surface area contributed by atoms with Gasteiger partial charge in [0.1, 0.15) is 10.6 Å². The first kappa shape index (κ1) is 20.7. The van der Waals surface area contributed by atoms with Gasteiger partial charge in [-0.25, -0.2) is 8.42 Å². The molecule has 0 aromatic heterocycles. The van der Waals surface area contributed by atoms with Crippen LogP contribution in [0.3, 0.4) is 0 Å². The third-order valence-corrected chi connectivity index (χ3v) is 7.04. The number of rotatable bonds is 8. The SMILES string of the molecule is CCC(N)(CC)CNC(=O)c1ccc(OC)c(S(=O)(=O)N2CCCC2)c1. The number of amides is 1.